The molecule has 6 heteroatoms. The highest BCUT2D eigenvalue weighted by atomic mass is 127. The van der Waals surface area contributed by atoms with Gasteiger partial charge in [0.2, 0.25) is 0 Å². The van der Waals surface area contributed by atoms with Crippen LogP contribution in [0.3, 0.4) is 0 Å². The average Bonchev–Trinajstić information content (AvgIpc) is 2.35. The highest BCUT2D eigenvalue weighted by Crippen LogP contribution is 2.33. The lowest BCUT2D eigenvalue weighted by molar-refractivity contribution is 0.0583. The van der Waals surface area contributed by atoms with E-state index in [4.69, 9.17) is 10.5 Å². The van der Waals surface area contributed by atoms with Crippen LogP contribution in [0.5, 0.6) is 5.75 Å². The fraction of sp³-hybridized carbons (Fsp3) is 0.500. The molecule has 0 bridgehead atoms. The molecule has 0 amide bonds. The van der Waals surface area contributed by atoms with Gasteiger partial charge in [0.15, 0.2) is 0 Å². The first-order valence-electron chi connectivity index (χ1n) is 5.61. The van der Waals surface area contributed by atoms with E-state index in [1.54, 1.807) is 0 Å². The quantitative estimate of drug-likeness (QED) is 0.619. The van der Waals surface area contributed by atoms with Gasteiger partial charge in [-0.3, -0.25) is 0 Å². The number of benzene rings is 1. The lowest BCUT2D eigenvalue weighted by Gasteiger charge is -2.28. The van der Waals surface area contributed by atoms with E-state index < -0.39 is 0 Å². The van der Waals surface area contributed by atoms with Gasteiger partial charge < -0.3 is 15.6 Å². The van der Waals surface area contributed by atoms with Gasteiger partial charge >= 0.3 is 0 Å². The second kappa shape index (κ2) is 7.47. The van der Waals surface area contributed by atoms with E-state index in [2.05, 4.69) is 45.2 Å². The maximum absolute atomic E-state index is 9.75. The summed E-state index contributed by atoms with van der Waals surface area (Å²) in [7, 11) is 0. The van der Waals surface area contributed by atoms with Gasteiger partial charge in [0.25, 0.3) is 0 Å². The van der Waals surface area contributed by atoms with Crippen molar-refractivity contribution in [2.24, 2.45) is 11.7 Å². The van der Waals surface area contributed by atoms with E-state index in [1.807, 2.05) is 12.1 Å². The van der Waals surface area contributed by atoms with Crippen molar-refractivity contribution < 1.29 is 9.84 Å². The first-order valence-corrected chi connectivity index (χ1v) is 7.76. The minimum absolute atomic E-state index is 0. The molecule has 1 heterocycles. The van der Waals surface area contributed by atoms with E-state index in [-0.39, 0.29) is 18.4 Å². The van der Waals surface area contributed by atoms with Gasteiger partial charge in [0, 0.05) is 19.3 Å². The molecule has 0 saturated carbocycles. The van der Waals surface area contributed by atoms with Crippen LogP contribution >= 0.6 is 57.6 Å². The lowest BCUT2D eigenvalue weighted by atomic mass is 9.88. The largest absolute Gasteiger partial charge is 0.506 e. The van der Waals surface area contributed by atoms with Crippen LogP contribution in [0.2, 0.25) is 0 Å². The molecule has 0 spiro atoms. The molecule has 0 unspecified atom stereocenters. The summed E-state index contributed by atoms with van der Waals surface area (Å²) >= 11 is 4.29. The zero-order valence-electron chi connectivity index (χ0n) is 9.73. The van der Waals surface area contributed by atoms with Crippen molar-refractivity contribution in [3.63, 3.8) is 0 Å². The minimum atomic E-state index is 0. The number of rotatable bonds is 2. The Labute approximate surface area is 141 Å². The van der Waals surface area contributed by atoms with Crippen molar-refractivity contribution in [1.29, 1.82) is 0 Å². The van der Waals surface area contributed by atoms with E-state index in [9.17, 15) is 5.11 Å². The summed E-state index contributed by atoms with van der Waals surface area (Å²) < 4.78 is 7.09. The van der Waals surface area contributed by atoms with Crippen molar-refractivity contribution in [1.82, 2.24) is 0 Å². The van der Waals surface area contributed by atoms with Crippen LogP contribution < -0.4 is 5.73 Å². The predicted octanol–water partition coefficient (Wildman–Crippen LogP) is 3.45. The van der Waals surface area contributed by atoms with Crippen LogP contribution in [-0.2, 0) is 4.74 Å². The predicted molar refractivity (Wildman–Crippen MR) is 91.3 cm³/mol. The molecule has 1 aromatic carbocycles. The van der Waals surface area contributed by atoms with Crippen molar-refractivity contribution in [3.05, 3.63) is 24.8 Å². The van der Waals surface area contributed by atoms with Gasteiger partial charge in [-0.05, 0) is 81.6 Å². The number of ether oxygens (including phenoxy) is 1. The van der Waals surface area contributed by atoms with Crippen LogP contribution in [0.25, 0.3) is 0 Å². The summed E-state index contributed by atoms with van der Waals surface area (Å²) in [6.45, 7) is 1.62. The Bertz CT molecular complexity index is 388. The highest BCUT2D eigenvalue weighted by molar-refractivity contribution is 14.1. The van der Waals surface area contributed by atoms with Crippen LogP contribution in [0, 0.1) is 13.1 Å². The summed E-state index contributed by atoms with van der Waals surface area (Å²) in [4.78, 5) is 0. The monoisotopic (exact) mass is 495 g/mol. The smallest absolute Gasteiger partial charge is 0.142 e. The number of phenolic OH excluding ortho intramolecular Hbond substituents is 1. The normalized spacial score (nSPS) is 18.2. The minimum Gasteiger partial charge on any atom is -0.506 e. The van der Waals surface area contributed by atoms with Gasteiger partial charge in [-0.15, -0.1) is 12.4 Å². The second-order valence-electron chi connectivity index (χ2n) is 4.31. The van der Waals surface area contributed by atoms with Crippen molar-refractivity contribution in [2.75, 3.05) is 13.2 Å². The molecule has 2 rings (SSSR count). The van der Waals surface area contributed by atoms with E-state index >= 15 is 0 Å². The van der Waals surface area contributed by atoms with E-state index in [0.717, 1.165) is 38.8 Å². The Hall–Kier alpha value is 0.690. The van der Waals surface area contributed by atoms with Crippen molar-refractivity contribution in [3.8, 4) is 5.75 Å². The maximum atomic E-state index is 9.75. The zero-order chi connectivity index (χ0) is 12.4. The third kappa shape index (κ3) is 3.84. The number of hydrogen-bond donors (Lipinski definition) is 2. The molecule has 0 radical (unpaired) electrons. The molecule has 1 saturated heterocycles. The molecule has 3 nitrogen and oxygen atoms in total. The second-order valence-corrected chi connectivity index (χ2v) is 6.63. The van der Waals surface area contributed by atoms with E-state index in [0.29, 0.717) is 11.7 Å². The fourth-order valence-corrected chi connectivity index (χ4v) is 3.94. The molecular weight excluding hydrogens is 479 g/mol. The Morgan fingerprint density at radius 2 is 1.72 bits per heavy atom. The van der Waals surface area contributed by atoms with Gasteiger partial charge in [0.1, 0.15) is 5.75 Å². The van der Waals surface area contributed by atoms with E-state index in [1.165, 1.54) is 0 Å². The molecule has 1 aliphatic rings. The molecule has 0 aliphatic carbocycles. The van der Waals surface area contributed by atoms with Crippen LogP contribution in [-0.4, -0.2) is 18.3 Å². The van der Waals surface area contributed by atoms with Gasteiger partial charge in [-0.2, -0.15) is 0 Å². The number of phenols is 1. The van der Waals surface area contributed by atoms with Gasteiger partial charge in [-0.25, -0.2) is 0 Å². The van der Waals surface area contributed by atoms with Crippen molar-refractivity contribution in [2.45, 2.75) is 18.9 Å². The number of halogens is 3. The molecule has 1 fully saturated rings. The third-order valence-corrected chi connectivity index (χ3v) is 4.84. The summed E-state index contributed by atoms with van der Waals surface area (Å²) in [6.07, 6.45) is 2.05. The number of aromatic hydroxyl groups is 1. The molecular formula is C12H16ClI2NO2. The van der Waals surface area contributed by atoms with Crippen LogP contribution in [0.15, 0.2) is 12.1 Å². The summed E-state index contributed by atoms with van der Waals surface area (Å²) in [5.74, 6) is 0.842. The van der Waals surface area contributed by atoms with Gasteiger partial charge in [0.05, 0.1) is 7.14 Å². The zero-order valence-corrected chi connectivity index (χ0v) is 14.9. The standard InChI is InChI=1S/C12H15I2NO2.ClH/c13-9-5-8(6-10(14)12(9)16)11(15)7-1-3-17-4-2-7;/h5-7,11,16H,1-4,15H2;1H/t11-;/m1./s1. The lowest BCUT2D eigenvalue weighted by Crippen LogP contribution is -2.27. The number of nitrogens with two attached hydrogens (primary N) is 1. The Balaban J connectivity index is 0.00000162. The molecule has 3 N–H and O–H groups in total. The number of hydrogen-bond acceptors (Lipinski definition) is 3. The molecule has 1 aromatic rings. The highest BCUT2D eigenvalue weighted by Gasteiger charge is 2.23. The fourth-order valence-electron chi connectivity index (χ4n) is 2.12. The first kappa shape index (κ1) is 16.7. The summed E-state index contributed by atoms with van der Waals surface area (Å²) in [5, 5.41) is 9.75. The van der Waals surface area contributed by atoms with Gasteiger partial charge in [-0.1, -0.05) is 0 Å². The topological polar surface area (TPSA) is 55.5 Å². The molecule has 18 heavy (non-hydrogen) atoms. The maximum Gasteiger partial charge on any atom is 0.142 e. The Kier molecular flexibility index (Phi) is 6.95. The summed E-state index contributed by atoms with van der Waals surface area (Å²) in [6, 6.07) is 4.01. The molecule has 1 atom stereocenters. The SMILES string of the molecule is Cl.N[C@@H](c1cc(I)c(O)c(I)c1)C1CCOCC1. The first-order chi connectivity index (χ1) is 8.09. The molecule has 102 valence electrons. The summed E-state index contributed by atoms with van der Waals surface area (Å²) in [5.41, 5.74) is 7.43. The Morgan fingerprint density at radius 1 is 1.22 bits per heavy atom. The van der Waals surface area contributed by atoms with Crippen molar-refractivity contribution >= 4 is 57.6 Å². The van der Waals surface area contributed by atoms with Crippen LogP contribution in [0.1, 0.15) is 24.4 Å². The third-order valence-electron chi connectivity index (χ3n) is 3.20. The molecule has 0 aromatic heterocycles. The average molecular weight is 496 g/mol. The van der Waals surface area contributed by atoms with Crippen LogP contribution in [0.4, 0.5) is 0 Å². The molecule has 1 aliphatic heterocycles. The Morgan fingerprint density at radius 3 is 2.22 bits per heavy atom.